The van der Waals surface area contributed by atoms with Crippen LogP contribution in [0.2, 0.25) is 5.28 Å². The van der Waals surface area contributed by atoms with E-state index in [1.807, 2.05) is 0 Å². The first kappa shape index (κ1) is 16.4. The molecule has 0 unspecified atom stereocenters. The predicted octanol–water partition coefficient (Wildman–Crippen LogP) is 2.04. The lowest BCUT2D eigenvalue weighted by molar-refractivity contribution is 0.0738. The highest BCUT2D eigenvalue weighted by Crippen LogP contribution is 2.20. The monoisotopic (exact) mass is 345 g/mol. The normalized spacial score (nSPS) is 11.8. The van der Waals surface area contributed by atoms with Crippen LogP contribution in [0.5, 0.6) is 0 Å². The fourth-order valence-corrected chi connectivity index (χ4v) is 2.54. The Labute approximate surface area is 142 Å². The summed E-state index contributed by atoms with van der Waals surface area (Å²) in [6.45, 7) is 7.23. The smallest absolute Gasteiger partial charge is 0.278 e. The lowest BCUT2D eigenvalue weighted by atomic mass is 10.1. The first-order valence-electron chi connectivity index (χ1n) is 7.28. The van der Waals surface area contributed by atoms with Crippen molar-refractivity contribution in [2.24, 2.45) is 0 Å². The minimum absolute atomic E-state index is 0.0330. The van der Waals surface area contributed by atoms with Gasteiger partial charge in [0.1, 0.15) is 11.0 Å². The third-order valence-electron chi connectivity index (χ3n) is 3.53. The van der Waals surface area contributed by atoms with Gasteiger partial charge in [0, 0.05) is 6.20 Å². The van der Waals surface area contributed by atoms with Crippen molar-refractivity contribution in [3.63, 3.8) is 0 Å². The summed E-state index contributed by atoms with van der Waals surface area (Å²) < 4.78 is 3.00. The van der Waals surface area contributed by atoms with E-state index in [0.717, 1.165) is 0 Å². The molecule has 0 amide bonds. The minimum Gasteiger partial charge on any atom is -0.384 e. The molecule has 0 bridgehead atoms. The van der Waals surface area contributed by atoms with Crippen molar-refractivity contribution in [3.8, 4) is 5.82 Å². The van der Waals surface area contributed by atoms with Crippen LogP contribution < -0.4 is 5.56 Å². The maximum Gasteiger partial charge on any atom is 0.278 e. The van der Waals surface area contributed by atoms with E-state index >= 15 is 0 Å². The zero-order valence-corrected chi connectivity index (χ0v) is 14.0. The number of hydrogen-bond donors (Lipinski definition) is 1. The summed E-state index contributed by atoms with van der Waals surface area (Å²) in [6.07, 6.45) is 2.99. The zero-order valence-electron chi connectivity index (χ0n) is 13.3. The van der Waals surface area contributed by atoms with Crippen LogP contribution in [0.3, 0.4) is 0 Å². The van der Waals surface area contributed by atoms with E-state index in [1.54, 1.807) is 42.8 Å². The number of rotatable bonds is 4. The molecule has 3 aromatic rings. The molecule has 0 aliphatic rings. The molecular formula is C16H16ClN5O2. The number of halogens is 1. The van der Waals surface area contributed by atoms with E-state index in [0.29, 0.717) is 22.5 Å². The Balaban J connectivity index is 2.36. The molecule has 3 aromatic heterocycles. The molecule has 7 nitrogen and oxygen atoms in total. The van der Waals surface area contributed by atoms with Crippen LogP contribution in [0.4, 0.5) is 0 Å². The number of aromatic nitrogens is 5. The Hall–Kier alpha value is -2.51. The van der Waals surface area contributed by atoms with E-state index in [2.05, 4.69) is 21.5 Å². The first-order valence-corrected chi connectivity index (χ1v) is 7.66. The van der Waals surface area contributed by atoms with Crippen LogP contribution in [0.15, 0.2) is 41.8 Å². The van der Waals surface area contributed by atoms with Crippen LogP contribution in [0.1, 0.15) is 19.5 Å². The molecule has 3 rings (SSSR count). The lowest BCUT2D eigenvalue weighted by Gasteiger charge is -2.18. The van der Waals surface area contributed by atoms with Crippen molar-refractivity contribution < 1.29 is 5.11 Å². The number of nitrogens with zero attached hydrogens (tertiary/aromatic N) is 5. The molecule has 1 N–H and O–H groups in total. The molecule has 124 valence electrons. The molecule has 0 saturated carbocycles. The summed E-state index contributed by atoms with van der Waals surface area (Å²) in [6, 6.07) is 5.20. The molecule has 0 aliphatic carbocycles. The summed E-state index contributed by atoms with van der Waals surface area (Å²) in [7, 11) is 0. The molecule has 0 fully saturated rings. The van der Waals surface area contributed by atoms with E-state index in [1.165, 1.54) is 10.9 Å². The number of allylic oxidation sites excluding steroid dienone is 1. The molecule has 0 radical (unpaired) electrons. The van der Waals surface area contributed by atoms with E-state index < -0.39 is 5.60 Å². The molecule has 0 spiro atoms. The molecule has 0 atom stereocenters. The van der Waals surface area contributed by atoms with Crippen LogP contribution in [0.25, 0.3) is 16.9 Å². The van der Waals surface area contributed by atoms with Crippen molar-refractivity contribution in [2.75, 3.05) is 0 Å². The first-order chi connectivity index (χ1) is 11.3. The van der Waals surface area contributed by atoms with E-state index in [-0.39, 0.29) is 17.4 Å². The number of hydrogen-bond acceptors (Lipinski definition) is 5. The van der Waals surface area contributed by atoms with Gasteiger partial charge in [-0.2, -0.15) is 4.98 Å². The van der Waals surface area contributed by atoms with Crippen molar-refractivity contribution in [2.45, 2.75) is 26.0 Å². The number of fused-ring (bicyclic) bond motifs is 1. The van der Waals surface area contributed by atoms with Gasteiger partial charge in [0.25, 0.3) is 5.56 Å². The molecular weight excluding hydrogens is 330 g/mol. The summed E-state index contributed by atoms with van der Waals surface area (Å²) in [5, 5.41) is 10.6. The Morgan fingerprint density at radius 3 is 2.79 bits per heavy atom. The maximum absolute atomic E-state index is 12.6. The second-order valence-corrected chi connectivity index (χ2v) is 6.14. The highest BCUT2D eigenvalue weighted by molar-refractivity contribution is 6.28. The molecule has 0 saturated heterocycles. The number of aliphatic hydroxyl groups is 1. The zero-order chi connectivity index (χ0) is 17.5. The average Bonchev–Trinajstić information content (AvgIpc) is 2.79. The standard InChI is InChI=1S/C16H16ClN5O2/c1-4-8-21-14(23)10-9-18-15(17)20-13(10)22(21)12-7-5-6-11(19-12)16(2,3)24/h4-7,9,24H,1,8H2,2-3H3. The van der Waals surface area contributed by atoms with Gasteiger partial charge in [0.2, 0.25) is 5.28 Å². The third-order valence-corrected chi connectivity index (χ3v) is 3.71. The van der Waals surface area contributed by atoms with Gasteiger partial charge < -0.3 is 5.11 Å². The molecule has 8 heteroatoms. The van der Waals surface area contributed by atoms with Crippen molar-refractivity contribution in [1.29, 1.82) is 0 Å². The van der Waals surface area contributed by atoms with E-state index in [4.69, 9.17) is 11.6 Å². The second kappa shape index (κ2) is 5.85. The van der Waals surface area contributed by atoms with Crippen LogP contribution >= 0.6 is 11.6 Å². The predicted molar refractivity (Wildman–Crippen MR) is 91.4 cm³/mol. The Morgan fingerprint density at radius 2 is 2.12 bits per heavy atom. The van der Waals surface area contributed by atoms with Gasteiger partial charge in [-0.1, -0.05) is 12.1 Å². The summed E-state index contributed by atoms with van der Waals surface area (Å²) in [4.78, 5) is 25.1. The van der Waals surface area contributed by atoms with Crippen LogP contribution in [-0.4, -0.2) is 29.4 Å². The van der Waals surface area contributed by atoms with Crippen LogP contribution in [0, 0.1) is 0 Å². The Kier molecular flexibility index (Phi) is 3.98. The maximum atomic E-state index is 12.6. The van der Waals surface area contributed by atoms with Gasteiger partial charge in [-0.15, -0.1) is 6.58 Å². The van der Waals surface area contributed by atoms with Gasteiger partial charge >= 0.3 is 0 Å². The highest BCUT2D eigenvalue weighted by Gasteiger charge is 2.21. The fraction of sp³-hybridized carbons (Fsp3) is 0.250. The molecule has 24 heavy (non-hydrogen) atoms. The summed E-state index contributed by atoms with van der Waals surface area (Å²) in [5.74, 6) is 0.443. The van der Waals surface area contributed by atoms with Crippen molar-refractivity contribution in [3.05, 3.63) is 58.4 Å². The fourth-order valence-electron chi connectivity index (χ4n) is 2.41. The third kappa shape index (κ3) is 2.72. The Bertz CT molecular complexity index is 984. The van der Waals surface area contributed by atoms with Gasteiger partial charge in [0.15, 0.2) is 11.5 Å². The number of pyridine rings is 1. The van der Waals surface area contributed by atoms with Gasteiger partial charge in [-0.25, -0.2) is 19.3 Å². The topological polar surface area (TPSA) is 85.8 Å². The minimum atomic E-state index is -1.12. The average molecular weight is 346 g/mol. The second-order valence-electron chi connectivity index (χ2n) is 5.80. The molecule has 3 heterocycles. The largest absolute Gasteiger partial charge is 0.384 e. The molecule has 0 aromatic carbocycles. The highest BCUT2D eigenvalue weighted by atomic mass is 35.5. The summed E-state index contributed by atoms with van der Waals surface area (Å²) >= 11 is 5.89. The van der Waals surface area contributed by atoms with Crippen molar-refractivity contribution >= 4 is 22.6 Å². The van der Waals surface area contributed by atoms with Crippen molar-refractivity contribution in [1.82, 2.24) is 24.3 Å². The van der Waals surface area contributed by atoms with Gasteiger partial charge in [-0.3, -0.25) is 4.79 Å². The molecule has 0 aliphatic heterocycles. The summed E-state index contributed by atoms with van der Waals surface area (Å²) in [5.41, 5.74) is -0.561. The van der Waals surface area contributed by atoms with Gasteiger partial charge in [0.05, 0.1) is 12.2 Å². The van der Waals surface area contributed by atoms with Crippen LogP contribution in [-0.2, 0) is 12.1 Å². The Morgan fingerprint density at radius 1 is 1.38 bits per heavy atom. The SMILES string of the molecule is C=CCn1c(=O)c2cnc(Cl)nc2n1-c1cccc(C(C)(C)O)n1. The lowest BCUT2D eigenvalue weighted by Crippen LogP contribution is -2.23. The quantitative estimate of drug-likeness (QED) is 0.577. The van der Waals surface area contributed by atoms with E-state index in [9.17, 15) is 9.90 Å². The van der Waals surface area contributed by atoms with Gasteiger partial charge in [-0.05, 0) is 37.6 Å².